The predicted molar refractivity (Wildman–Crippen MR) is 35.9 cm³/mol. The van der Waals surface area contributed by atoms with Crippen LogP contribution in [0.1, 0.15) is 0 Å². The summed E-state index contributed by atoms with van der Waals surface area (Å²) in [4.78, 5) is 22.6. The highest BCUT2D eigenvalue weighted by atomic mass is 16.2. The van der Waals surface area contributed by atoms with Crippen molar-refractivity contribution in [3.63, 3.8) is 0 Å². The molecule has 0 spiro atoms. The van der Waals surface area contributed by atoms with Gasteiger partial charge in [0.15, 0.2) is 0 Å². The fraction of sp³-hybridized carbons (Fsp3) is 0. The average molecular weight is 152 g/mol. The largest absolute Gasteiger partial charge is 0.286 e. The van der Waals surface area contributed by atoms with Crippen LogP contribution in [0.3, 0.4) is 0 Å². The lowest BCUT2D eigenvalue weighted by atomic mass is 10.1. The maximum absolute atomic E-state index is 10.3. The van der Waals surface area contributed by atoms with Crippen LogP contribution in [0.15, 0.2) is 24.3 Å². The third-order valence-electron chi connectivity index (χ3n) is 0.849. The minimum Gasteiger partial charge on any atom is -0.286 e. The molecule has 0 atom stereocenters. The summed E-state index contributed by atoms with van der Waals surface area (Å²) in [6.45, 7) is 0. The number of nitrogens with zero attached hydrogens (tertiary/aromatic N) is 1. The molecule has 0 saturated carbocycles. The van der Waals surface area contributed by atoms with Gasteiger partial charge < -0.3 is 0 Å². The van der Waals surface area contributed by atoms with E-state index in [0.717, 1.165) is 0 Å². The van der Waals surface area contributed by atoms with Crippen molar-refractivity contribution in [2.24, 2.45) is 0 Å². The first-order valence-electron chi connectivity index (χ1n) is 2.68. The number of ketones is 2. The molecule has 0 saturated heterocycles. The Balaban J connectivity index is 0.000000292. The monoisotopic (exact) mass is 152 g/mol. The van der Waals surface area contributed by atoms with E-state index in [4.69, 9.17) is 11.1 Å². The molecule has 0 aromatic carbocycles. The van der Waals surface area contributed by atoms with Gasteiger partial charge in [0.05, 0.1) is 0 Å². The van der Waals surface area contributed by atoms with E-state index in [1.165, 1.54) is 12.2 Å². The van der Waals surface area contributed by atoms with Crippen LogP contribution in [0.5, 0.6) is 0 Å². The van der Waals surface area contributed by atoms with E-state index in [1.54, 1.807) is 12.2 Å². The highest BCUT2D eigenvalue weighted by molar-refractivity contribution is 6.46. The second-order valence-corrected chi connectivity index (χ2v) is 1.56. The Bertz CT molecular complexity index is 237. The Labute approximate surface area is 62.4 Å². The van der Waals surface area contributed by atoms with Crippen LogP contribution in [0, 0.1) is 11.1 Å². The van der Waals surface area contributed by atoms with Crippen molar-refractivity contribution in [1.82, 2.24) is 4.91 Å². The topological polar surface area (TPSA) is 95.9 Å². The fourth-order valence-corrected chi connectivity index (χ4v) is 0.450. The average Bonchev–Trinajstić information content (AvgIpc) is 1.97. The molecule has 0 aromatic heterocycles. The maximum atomic E-state index is 10.3. The summed E-state index contributed by atoms with van der Waals surface area (Å²) >= 11 is 0. The van der Waals surface area contributed by atoms with Crippen LogP contribution in [-0.4, -0.2) is 11.6 Å². The summed E-state index contributed by atoms with van der Waals surface area (Å²) in [5.41, 5.74) is 11.0. The van der Waals surface area contributed by atoms with Gasteiger partial charge in [-0.1, -0.05) is 12.2 Å². The zero-order chi connectivity index (χ0) is 8.69. The molecular weight excluding hydrogens is 146 g/mol. The van der Waals surface area contributed by atoms with Crippen LogP contribution in [0.25, 0.3) is 0 Å². The molecule has 0 unspecified atom stereocenters. The number of hydrogen-bond acceptors (Lipinski definition) is 4. The predicted octanol–water partition coefficient (Wildman–Crippen LogP) is 0.366. The molecule has 56 valence electrons. The van der Waals surface area contributed by atoms with E-state index in [9.17, 15) is 9.59 Å². The Morgan fingerprint density at radius 3 is 1.45 bits per heavy atom. The molecule has 1 aliphatic rings. The number of hydrogen-bond donors (Lipinski definition) is 2. The van der Waals surface area contributed by atoms with Gasteiger partial charge in [0.25, 0.3) is 0 Å². The molecule has 5 nitrogen and oxygen atoms in total. The number of allylic oxidation sites excluding steroid dienone is 4. The third-order valence-corrected chi connectivity index (χ3v) is 0.849. The van der Waals surface area contributed by atoms with Crippen LogP contribution in [0.2, 0.25) is 0 Å². The number of carbonyl (C=O) groups is 2. The zero-order valence-electron chi connectivity index (χ0n) is 5.57. The van der Waals surface area contributed by atoms with Crippen LogP contribution >= 0.6 is 0 Å². The Morgan fingerprint density at radius 2 is 1.27 bits per heavy atom. The van der Waals surface area contributed by atoms with Gasteiger partial charge in [0, 0.05) is 0 Å². The highest BCUT2D eigenvalue weighted by Crippen LogP contribution is 1.90. The first-order valence-corrected chi connectivity index (χ1v) is 2.68. The normalized spacial score (nSPS) is 13.5. The molecule has 0 amide bonds. The van der Waals surface area contributed by atoms with Gasteiger partial charge >= 0.3 is 0 Å². The smallest absolute Gasteiger partial charge is 0.225 e. The minimum atomic E-state index is -0.437. The number of nitrogens with one attached hydrogen (secondary N) is 2. The quantitative estimate of drug-likeness (QED) is 0.227. The summed E-state index contributed by atoms with van der Waals surface area (Å²) < 4.78 is 0. The summed E-state index contributed by atoms with van der Waals surface area (Å²) in [7, 11) is 0. The standard InChI is InChI=1S/C6H4O2.H2N3/c7-5-3-1-2-4-6(5)8;1-3-2/h1-4H;1-2H/q;+1. The second kappa shape index (κ2) is 4.96. The van der Waals surface area contributed by atoms with E-state index in [2.05, 4.69) is 0 Å². The summed E-state index contributed by atoms with van der Waals surface area (Å²) in [5, 5.41) is 0. The minimum absolute atomic E-state index is 0.437. The lowest BCUT2D eigenvalue weighted by Gasteiger charge is -1.88. The van der Waals surface area contributed by atoms with Gasteiger partial charge in [0.2, 0.25) is 16.5 Å². The fourth-order valence-electron chi connectivity index (χ4n) is 0.450. The molecule has 0 aliphatic heterocycles. The molecule has 11 heavy (non-hydrogen) atoms. The van der Waals surface area contributed by atoms with Crippen molar-refractivity contribution in [3.8, 4) is 0 Å². The van der Waals surface area contributed by atoms with Gasteiger partial charge in [-0.3, -0.25) is 9.59 Å². The van der Waals surface area contributed by atoms with Crippen molar-refractivity contribution < 1.29 is 9.59 Å². The van der Waals surface area contributed by atoms with E-state index in [1.807, 2.05) is 4.91 Å². The third kappa shape index (κ3) is 3.66. The van der Waals surface area contributed by atoms with Crippen molar-refractivity contribution in [3.05, 3.63) is 24.3 Å². The van der Waals surface area contributed by atoms with E-state index >= 15 is 0 Å². The SMILES string of the molecule is N=[N+]=N.O=C1C=CC=CC1=O. The zero-order valence-corrected chi connectivity index (χ0v) is 5.57. The van der Waals surface area contributed by atoms with Crippen LogP contribution in [-0.2, 0) is 9.59 Å². The molecule has 0 bridgehead atoms. The molecular formula is C6H6N3O2+. The van der Waals surface area contributed by atoms with Gasteiger partial charge in [0.1, 0.15) is 11.1 Å². The highest BCUT2D eigenvalue weighted by Gasteiger charge is 2.06. The molecule has 0 radical (unpaired) electrons. The number of carbonyl (C=O) groups excluding carboxylic acids is 2. The summed E-state index contributed by atoms with van der Waals surface area (Å²) in [5.74, 6) is -0.875. The molecule has 0 aromatic rings. The summed E-state index contributed by atoms with van der Waals surface area (Å²) in [6.07, 6.45) is 5.60. The lowest BCUT2D eigenvalue weighted by Crippen LogP contribution is -2.08. The molecule has 2 N–H and O–H groups in total. The van der Waals surface area contributed by atoms with Crippen LogP contribution < -0.4 is 4.91 Å². The van der Waals surface area contributed by atoms with Crippen molar-refractivity contribution in [1.29, 1.82) is 11.1 Å². The lowest BCUT2D eigenvalue weighted by molar-refractivity contribution is -0.131. The van der Waals surface area contributed by atoms with Crippen molar-refractivity contribution in [2.75, 3.05) is 0 Å². The van der Waals surface area contributed by atoms with Crippen LogP contribution in [0.4, 0.5) is 0 Å². The van der Waals surface area contributed by atoms with E-state index in [-0.39, 0.29) is 0 Å². The summed E-state index contributed by atoms with van der Waals surface area (Å²) in [6, 6.07) is 0. The van der Waals surface area contributed by atoms with Crippen molar-refractivity contribution >= 4 is 11.6 Å². The Kier molecular flexibility index (Phi) is 4.12. The van der Waals surface area contributed by atoms with Gasteiger partial charge in [-0.25, -0.2) is 0 Å². The molecule has 0 heterocycles. The van der Waals surface area contributed by atoms with Crippen molar-refractivity contribution in [2.45, 2.75) is 0 Å². The van der Waals surface area contributed by atoms with Gasteiger partial charge in [-0.05, 0) is 12.2 Å². The Morgan fingerprint density at radius 1 is 1.00 bits per heavy atom. The Hall–Kier alpha value is -1.87. The van der Waals surface area contributed by atoms with E-state index < -0.39 is 11.6 Å². The van der Waals surface area contributed by atoms with Gasteiger partial charge in [-0.15, -0.1) is 0 Å². The van der Waals surface area contributed by atoms with Gasteiger partial charge in [-0.2, -0.15) is 0 Å². The molecule has 0 fully saturated rings. The number of rotatable bonds is 0. The first kappa shape index (κ1) is 9.13. The van der Waals surface area contributed by atoms with E-state index in [0.29, 0.717) is 0 Å². The first-order chi connectivity index (χ1) is 5.22. The molecule has 5 heteroatoms. The maximum Gasteiger partial charge on any atom is 0.225 e. The molecule has 1 rings (SSSR count). The second-order valence-electron chi connectivity index (χ2n) is 1.56. The molecule has 1 aliphatic carbocycles.